The van der Waals surface area contributed by atoms with Crippen molar-refractivity contribution < 1.29 is 4.74 Å². The standard InChI is InChI=1S/C17H30O/c1-6-18-17(5,13-7-8-14(2)3)16-11-9-15(4)10-12-16/h8-9,16H,6-7,10-13H2,1-5H3. The zero-order chi connectivity index (χ0) is 13.6. The fourth-order valence-electron chi connectivity index (χ4n) is 2.89. The largest absolute Gasteiger partial charge is 0.375 e. The van der Waals surface area contributed by atoms with Gasteiger partial charge in [0.15, 0.2) is 0 Å². The second-order valence-electron chi connectivity index (χ2n) is 6.09. The van der Waals surface area contributed by atoms with Crippen molar-refractivity contribution in [2.75, 3.05) is 6.61 Å². The third-order valence-corrected chi connectivity index (χ3v) is 4.17. The maximum Gasteiger partial charge on any atom is 0.0688 e. The average molecular weight is 250 g/mol. The van der Waals surface area contributed by atoms with Crippen LogP contribution in [0.3, 0.4) is 0 Å². The van der Waals surface area contributed by atoms with Gasteiger partial charge < -0.3 is 4.74 Å². The van der Waals surface area contributed by atoms with Gasteiger partial charge in [-0.2, -0.15) is 0 Å². The Kier molecular flexibility index (Phi) is 6.14. The van der Waals surface area contributed by atoms with E-state index in [1.165, 1.54) is 24.8 Å². The Bertz CT molecular complexity index is 310. The number of hydrogen-bond acceptors (Lipinski definition) is 1. The Morgan fingerprint density at radius 2 is 2.22 bits per heavy atom. The van der Waals surface area contributed by atoms with E-state index < -0.39 is 0 Å². The second kappa shape index (κ2) is 7.13. The first-order chi connectivity index (χ1) is 8.48. The molecule has 104 valence electrons. The van der Waals surface area contributed by atoms with Gasteiger partial charge in [-0.1, -0.05) is 23.3 Å². The summed E-state index contributed by atoms with van der Waals surface area (Å²) in [5.74, 6) is 0.687. The molecule has 0 fully saturated rings. The van der Waals surface area contributed by atoms with Crippen LogP contribution in [0.1, 0.15) is 66.7 Å². The van der Waals surface area contributed by atoms with Gasteiger partial charge in [-0.3, -0.25) is 0 Å². The highest BCUT2D eigenvalue weighted by molar-refractivity contribution is 5.06. The van der Waals surface area contributed by atoms with E-state index in [0.29, 0.717) is 5.92 Å². The van der Waals surface area contributed by atoms with Gasteiger partial charge in [0.2, 0.25) is 0 Å². The second-order valence-corrected chi connectivity index (χ2v) is 6.09. The monoisotopic (exact) mass is 250 g/mol. The van der Waals surface area contributed by atoms with Crippen molar-refractivity contribution in [1.29, 1.82) is 0 Å². The first kappa shape index (κ1) is 15.5. The lowest BCUT2D eigenvalue weighted by Gasteiger charge is -2.39. The SMILES string of the molecule is CCOC(C)(CCC=C(C)C)C1CC=C(C)CC1. The number of ether oxygens (including phenoxy) is 1. The maximum atomic E-state index is 6.13. The van der Waals surface area contributed by atoms with E-state index in [0.717, 1.165) is 19.4 Å². The summed E-state index contributed by atoms with van der Waals surface area (Å²) in [6.45, 7) is 11.8. The molecule has 0 bridgehead atoms. The van der Waals surface area contributed by atoms with E-state index in [-0.39, 0.29) is 5.60 Å². The molecule has 0 aromatic rings. The summed E-state index contributed by atoms with van der Waals surface area (Å²) in [7, 11) is 0. The summed E-state index contributed by atoms with van der Waals surface area (Å²) in [5.41, 5.74) is 3.01. The summed E-state index contributed by atoms with van der Waals surface area (Å²) in [6.07, 6.45) is 10.7. The van der Waals surface area contributed by atoms with Crippen molar-refractivity contribution in [3.63, 3.8) is 0 Å². The first-order valence-corrected chi connectivity index (χ1v) is 7.41. The van der Waals surface area contributed by atoms with Gasteiger partial charge in [0.05, 0.1) is 5.60 Å². The minimum Gasteiger partial charge on any atom is -0.375 e. The quantitative estimate of drug-likeness (QED) is 0.583. The zero-order valence-corrected chi connectivity index (χ0v) is 12.9. The number of hydrogen-bond donors (Lipinski definition) is 0. The highest BCUT2D eigenvalue weighted by atomic mass is 16.5. The van der Waals surface area contributed by atoms with Crippen molar-refractivity contribution >= 4 is 0 Å². The highest BCUT2D eigenvalue weighted by Gasteiger charge is 2.34. The first-order valence-electron chi connectivity index (χ1n) is 7.41. The summed E-state index contributed by atoms with van der Waals surface area (Å²) in [4.78, 5) is 0. The van der Waals surface area contributed by atoms with Crippen LogP contribution in [0.4, 0.5) is 0 Å². The molecular formula is C17H30O. The Labute approximate surface area is 113 Å². The molecule has 2 atom stereocenters. The van der Waals surface area contributed by atoms with Gasteiger partial charge >= 0.3 is 0 Å². The predicted molar refractivity (Wildman–Crippen MR) is 79.8 cm³/mol. The van der Waals surface area contributed by atoms with Crippen molar-refractivity contribution in [3.05, 3.63) is 23.3 Å². The van der Waals surface area contributed by atoms with Crippen molar-refractivity contribution in [2.24, 2.45) is 5.92 Å². The average Bonchev–Trinajstić information content (AvgIpc) is 2.29. The molecule has 1 rings (SSSR count). The number of allylic oxidation sites excluding steroid dienone is 4. The Hall–Kier alpha value is -0.560. The van der Waals surface area contributed by atoms with Crippen molar-refractivity contribution in [3.8, 4) is 0 Å². The van der Waals surface area contributed by atoms with Crippen LogP contribution < -0.4 is 0 Å². The molecule has 0 radical (unpaired) electrons. The van der Waals surface area contributed by atoms with E-state index in [1.54, 1.807) is 5.57 Å². The van der Waals surface area contributed by atoms with Gasteiger partial charge in [0.25, 0.3) is 0 Å². The molecule has 0 aromatic heterocycles. The molecule has 18 heavy (non-hydrogen) atoms. The van der Waals surface area contributed by atoms with Crippen LogP contribution in [0.25, 0.3) is 0 Å². The fourth-order valence-corrected chi connectivity index (χ4v) is 2.89. The molecule has 2 unspecified atom stereocenters. The molecule has 1 nitrogen and oxygen atoms in total. The van der Waals surface area contributed by atoms with Crippen molar-refractivity contribution in [2.45, 2.75) is 72.3 Å². The van der Waals surface area contributed by atoms with Crippen LogP contribution in [0, 0.1) is 5.92 Å². The molecule has 0 N–H and O–H groups in total. The molecule has 0 amide bonds. The summed E-state index contributed by atoms with van der Waals surface area (Å²) < 4.78 is 6.13. The van der Waals surface area contributed by atoms with Crippen LogP contribution in [0.2, 0.25) is 0 Å². The van der Waals surface area contributed by atoms with Gasteiger partial charge in [-0.15, -0.1) is 0 Å². The summed E-state index contributed by atoms with van der Waals surface area (Å²) >= 11 is 0. The van der Waals surface area contributed by atoms with Crippen LogP contribution >= 0.6 is 0 Å². The normalized spacial score (nSPS) is 23.2. The maximum absolute atomic E-state index is 6.13. The number of rotatable bonds is 6. The molecule has 0 aliphatic heterocycles. The molecule has 0 saturated carbocycles. The van der Waals surface area contributed by atoms with Crippen LogP contribution in [0.5, 0.6) is 0 Å². The van der Waals surface area contributed by atoms with E-state index >= 15 is 0 Å². The van der Waals surface area contributed by atoms with Gasteiger partial charge in [0.1, 0.15) is 0 Å². The van der Waals surface area contributed by atoms with Gasteiger partial charge in [-0.05, 0) is 72.6 Å². The summed E-state index contributed by atoms with van der Waals surface area (Å²) in [5, 5.41) is 0. The zero-order valence-electron chi connectivity index (χ0n) is 12.9. The predicted octanol–water partition coefficient (Wildman–Crippen LogP) is 5.27. The van der Waals surface area contributed by atoms with Crippen LogP contribution in [-0.2, 0) is 4.74 Å². The molecule has 0 spiro atoms. The minimum atomic E-state index is 0.0535. The lowest BCUT2D eigenvalue weighted by molar-refractivity contribution is -0.0764. The van der Waals surface area contributed by atoms with Crippen molar-refractivity contribution in [1.82, 2.24) is 0 Å². The van der Waals surface area contributed by atoms with Gasteiger partial charge in [-0.25, -0.2) is 0 Å². The topological polar surface area (TPSA) is 9.23 Å². The third kappa shape index (κ3) is 4.61. The lowest BCUT2D eigenvalue weighted by Crippen LogP contribution is -2.38. The van der Waals surface area contributed by atoms with Gasteiger partial charge in [0, 0.05) is 6.61 Å². The summed E-state index contributed by atoms with van der Waals surface area (Å²) in [6, 6.07) is 0. The van der Waals surface area contributed by atoms with Crippen LogP contribution in [-0.4, -0.2) is 12.2 Å². The molecule has 1 aliphatic rings. The Morgan fingerprint density at radius 3 is 2.72 bits per heavy atom. The lowest BCUT2D eigenvalue weighted by atomic mass is 9.76. The Balaban J connectivity index is 2.64. The smallest absolute Gasteiger partial charge is 0.0688 e. The fraction of sp³-hybridized carbons (Fsp3) is 0.765. The molecule has 1 heteroatoms. The van der Waals surface area contributed by atoms with E-state index in [2.05, 4.69) is 46.8 Å². The molecular weight excluding hydrogens is 220 g/mol. The molecule has 1 aliphatic carbocycles. The van der Waals surface area contributed by atoms with E-state index in [1.807, 2.05) is 0 Å². The highest BCUT2D eigenvalue weighted by Crippen LogP contribution is 2.37. The molecule has 0 saturated heterocycles. The molecule has 0 heterocycles. The van der Waals surface area contributed by atoms with E-state index in [4.69, 9.17) is 4.74 Å². The molecule has 0 aromatic carbocycles. The minimum absolute atomic E-state index is 0.0535. The Morgan fingerprint density at radius 1 is 1.50 bits per heavy atom. The van der Waals surface area contributed by atoms with Crippen LogP contribution in [0.15, 0.2) is 23.3 Å². The van der Waals surface area contributed by atoms with E-state index in [9.17, 15) is 0 Å². The third-order valence-electron chi connectivity index (χ3n) is 4.17.